The van der Waals surface area contributed by atoms with Gasteiger partial charge in [-0.1, -0.05) is 0 Å². The first kappa shape index (κ1) is 11.9. The highest BCUT2D eigenvalue weighted by atomic mass is 16.2. The maximum absolute atomic E-state index is 12.7. The van der Waals surface area contributed by atoms with E-state index >= 15 is 0 Å². The van der Waals surface area contributed by atoms with Gasteiger partial charge in [0.25, 0.3) is 5.91 Å². The van der Waals surface area contributed by atoms with Gasteiger partial charge in [-0.25, -0.2) is 0 Å². The summed E-state index contributed by atoms with van der Waals surface area (Å²) in [7, 11) is 0. The Labute approximate surface area is 117 Å². The van der Waals surface area contributed by atoms with E-state index in [0.29, 0.717) is 0 Å². The number of nitrogens with one attached hydrogen (secondary N) is 2. The Morgan fingerprint density at radius 3 is 3.05 bits per heavy atom. The molecule has 4 rings (SSSR count). The zero-order valence-electron chi connectivity index (χ0n) is 11.4. The van der Waals surface area contributed by atoms with E-state index in [1.807, 2.05) is 23.1 Å². The third-order valence-electron chi connectivity index (χ3n) is 4.66. The van der Waals surface area contributed by atoms with Gasteiger partial charge in [0, 0.05) is 36.1 Å². The van der Waals surface area contributed by atoms with Gasteiger partial charge in [-0.15, -0.1) is 0 Å². The molecule has 1 saturated carbocycles. The molecule has 1 aromatic heterocycles. The molecule has 2 aromatic rings. The zero-order chi connectivity index (χ0) is 13.6. The molecular formula is C15H18N4O. The highest BCUT2D eigenvalue weighted by Crippen LogP contribution is 2.34. The molecule has 20 heavy (non-hydrogen) atoms. The van der Waals surface area contributed by atoms with Gasteiger partial charge >= 0.3 is 0 Å². The lowest BCUT2D eigenvalue weighted by Crippen LogP contribution is -2.64. The fourth-order valence-electron chi connectivity index (χ4n) is 3.33. The van der Waals surface area contributed by atoms with Gasteiger partial charge in [-0.2, -0.15) is 5.10 Å². The van der Waals surface area contributed by atoms with Crippen molar-refractivity contribution in [3.8, 4) is 0 Å². The Kier molecular flexibility index (Phi) is 2.57. The minimum atomic E-state index is 0.140. The van der Waals surface area contributed by atoms with E-state index in [1.54, 1.807) is 6.20 Å². The molecule has 104 valence electrons. The molecule has 2 N–H and O–H groups in total. The molecule has 0 radical (unpaired) electrons. The van der Waals surface area contributed by atoms with Crippen LogP contribution in [0, 0.1) is 0 Å². The van der Waals surface area contributed by atoms with Crippen molar-refractivity contribution in [3.05, 3.63) is 30.0 Å². The minimum Gasteiger partial charge on any atom is -0.336 e. The summed E-state index contributed by atoms with van der Waals surface area (Å²) in [5, 5.41) is 11.5. The number of rotatable bonds is 1. The minimum absolute atomic E-state index is 0.140. The molecule has 2 heterocycles. The van der Waals surface area contributed by atoms with Gasteiger partial charge in [-0.3, -0.25) is 9.89 Å². The SMILES string of the molecule is O=C(c1ccc2[nH]ncc2c1)N1CCNC2(CCC2)C1. The number of hydrogen-bond donors (Lipinski definition) is 2. The lowest BCUT2D eigenvalue weighted by Gasteiger charge is -2.49. The van der Waals surface area contributed by atoms with Gasteiger partial charge in [0.15, 0.2) is 0 Å². The molecule has 5 nitrogen and oxygen atoms in total. The molecule has 1 aliphatic carbocycles. The van der Waals surface area contributed by atoms with Gasteiger partial charge < -0.3 is 10.2 Å². The van der Waals surface area contributed by atoms with Crippen LogP contribution in [-0.4, -0.2) is 46.2 Å². The maximum atomic E-state index is 12.7. The number of benzene rings is 1. The predicted octanol–water partition coefficient (Wildman–Crippen LogP) is 1.53. The second-order valence-corrected chi connectivity index (χ2v) is 5.96. The predicted molar refractivity (Wildman–Crippen MR) is 76.6 cm³/mol. The summed E-state index contributed by atoms with van der Waals surface area (Å²) in [5.41, 5.74) is 1.93. The third kappa shape index (κ3) is 1.81. The van der Waals surface area contributed by atoms with E-state index in [-0.39, 0.29) is 11.4 Å². The number of fused-ring (bicyclic) bond motifs is 1. The third-order valence-corrected chi connectivity index (χ3v) is 4.66. The summed E-state index contributed by atoms with van der Waals surface area (Å²) in [5.74, 6) is 0.140. The first-order valence-electron chi connectivity index (χ1n) is 7.23. The van der Waals surface area contributed by atoms with Gasteiger partial charge in [0.05, 0.1) is 11.7 Å². The van der Waals surface area contributed by atoms with Crippen LogP contribution in [0.1, 0.15) is 29.6 Å². The molecule has 2 aliphatic rings. The van der Waals surface area contributed by atoms with E-state index in [9.17, 15) is 4.79 Å². The number of aromatic amines is 1. The van der Waals surface area contributed by atoms with E-state index in [0.717, 1.165) is 36.1 Å². The number of carbonyl (C=O) groups is 1. The summed E-state index contributed by atoms with van der Waals surface area (Å²) in [6.07, 6.45) is 5.42. The van der Waals surface area contributed by atoms with Crippen LogP contribution in [0.15, 0.2) is 24.4 Å². The molecule has 0 unspecified atom stereocenters. The number of piperazine rings is 1. The molecule has 0 bridgehead atoms. The molecule has 1 spiro atoms. The topological polar surface area (TPSA) is 61.0 Å². The van der Waals surface area contributed by atoms with Crippen LogP contribution in [-0.2, 0) is 0 Å². The highest BCUT2D eigenvalue weighted by Gasteiger charge is 2.41. The molecule has 1 amide bonds. The lowest BCUT2D eigenvalue weighted by atomic mass is 9.75. The number of carbonyl (C=O) groups excluding carboxylic acids is 1. The Balaban J connectivity index is 1.59. The van der Waals surface area contributed by atoms with Crippen LogP contribution in [0.3, 0.4) is 0 Å². The Bertz CT molecular complexity index is 659. The molecular weight excluding hydrogens is 252 g/mol. The monoisotopic (exact) mass is 270 g/mol. The normalized spacial score (nSPS) is 21.1. The van der Waals surface area contributed by atoms with Crippen LogP contribution >= 0.6 is 0 Å². The lowest BCUT2D eigenvalue weighted by molar-refractivity contribution is 0.0467. The summed E-state index contributed by atoms with van der Waals surface area (Å²) >= 11 is 0. The molecule has 0 atom stereocenters. The van der Waals surface area contributed by atoms with Crippen molar-refractivity contribution in [2.24, 2.45) is 0 Å². The average Bonchev–Trinajstić information content (AvgIpc) is 2.92. The summed E-state index contributed by atoms with van der Waals surface area (Å²) in [6.45, 7) is 2.54. The first-order valence-corrected chi connectivity index (χ1v) is 7.23. The number of nitrogens with zero attached hydrogens (tertiary/aromatic N) is 2. The standard InChI is InChI=1S/C15H18N4O/c20-14(11-2-3-13-12(8-11)9-17-18-13)19-7-6-16-15(10-19)4-1-5-15/h2-3,8-9,16H,1,4-7,10H2,(H,17,18). The molecule has 1 aromatic carbocycles. The van der Waals surface area contributed by atoms with Crippen LogP contribution in [0.25, 0.3) is 10.9 Å². The second-order valence-electron chi connectivity index (χ2n) is 5.96. The van der Waals surface area contributed by atoms with Crippen molar-refractivity contribution in [3.63, 3.8) is 0 Å². The first-order chi connectivity index (χ1) is 9.76. The number of aromatic nitrogens is 2. The van der Waals surface area contributed by atoms with Crippen molar-refractivity contribution in [1.82, 2.24) is 20.4 Å². The summed E-state index contributed by atoms with van der Waals surface area (Å²) < 4.78 is 0. The van der Waals surface area contributed by atoms with E-state index < -0.39 is 0 Å². The van der Waals surface area contributed by atoms with Gasteiger partial charge in [0.2, 0.25) is 0 Å². The van der Waals surface area contributed by atoms with Crippen molar-refractivity contribution in [2.45, 2.75) is 24.8 Å². The van der Waals surface area contributed by atoms with Crippen LogP contribution in [0.4, 0.5) is 0 Å². The molecule has 1 aliphatic heterocycles. The van der Waals surface area contributed by atoms with E-state index in [2.05, 4.69) is 15.5 Å². The van der Waals surface area contributed by atoms with Crippen LogP contribution in [0.2, 0.25) is 0 Å². The van der Waals surface area contributed by atoms with Crippen molar-refractivity contribution < 1.29 is 4.79 Å². The second kappa shape index (κ2) is 4.31. The molecule has 5 heteroatoms. The number of hydrogen-bond acceptors (Lipinski definition) is 3. The average molecular weight is 270 g/mol. The smallest absolute Gasteiger partial charge is 0.253 e. The largest absolute Gasteiger partial charge is 0.336 e. The number of amides is 1. The Morgan fingerprint density at radius 2 is 2.25 bits per heavy atom. The summed E-state index contributed by atoms with van der Waals surface area (Å²) in [4.78, 5) is 14.7. The van der Waals surface area contributed by atoms with Crippen LogP contribution in [0.5, 0.6) is 0 Å². The van der Waals surface area contributed by atoms with E-state index in [4.69, 9.17) is 0 Å². The fourth-order valence-corrected chi connectivity index (χ4v) is 3.33. The van der Waals surface area contributed by atoms with Crippen molar-refractivity contribution in [2.75, 3.05) is 19.6 Å². The maximum Gasteiger partial charge on any atom is 0.253 e. The highest BCUT2D eigenvalue weighted by molar-refractivity contribution is 5.98. The quantitative estimate of drug-likeness (QED) is 0.826. The summed E-state index contributed by atoms with van der Waals surface area (Å²) in [6, 6.07) is 5.74. The molecule has 1 saturated heterocycles. The van der Waals surface area contributed by atoms with Gasteiger partial charge in [0.1, 0.15) is 0 Å². The Morgan fingerprint density at radius 1 is 1.35 bits per heavy atom. The number of H-pyrrole nitrogens is 1. The van der Waals surface area contributed by atoms with E-state index in [1.165, 1.54) is 19.3 Å². The van der Waals surface area contributed by atoms with Gasteiger partial charge in [-0.05, 0) is 37.5 Å². The van der Waals surface area contributed by atoms with Crippen molar-refractivity contribution in [1.29, 1.82) is 0 Å². The Hall–Kier alpha value is -1.88. The van der Waals surface area contributed by atoms with Crippen molar-refractivity contribution >= 4 is 16.8 Å². The fraction of sp³-hybridized carbons (Fsp3) is 0.467. The van der Waals surface area contributed by atoms with Crippen LogP contribution < -0.4 is 5.32 Å². The molecule has 2 fully saturated rings. The zero-order valence-corrected chi connectivity index (χ0v) is 11.4.